The highest BCUT2D eigenvalue weighted by molar-refractivity contribution is 7.08. The molecule has 2 N–H and O–H groups in total. The van der Waals surface area contributed by atoms with Crippen LogP contribution in [0.25, 0.3) is 0 Å². The van der Waals surface area contributed by atoms with E-state index in [0.717, 1.165) is 12.1 Å². The van der Waals surface area contributed by atoms with Crippen molar-refractivity contribution in [3.8, 4) is 0 Å². The molecular weight excluding hydrogens is 250 g/mol. The molecule has 2 rings (SSSR count). The molecule has 1 amide bonds. The van der Waals surface area contributed by atoms with Crippen molar-refractivity contribution in [2.45, 2.75) is 26.2 Å². The number of carbonyl (C=O) groups excluding carboxylic acids is 1. The van der Waals surface area contributed by atoms with E-state index in [0.29, 0.717) is 18.8 Å². The van der Waals surface area contributed by atoms with E-state index in [4.69, 9.17) is 0 Å². The van der Waals surface area contributed by atoms with Crippen LogP contribution in [-0.4, -0.2) is 17.0 Å². The Hall–Kier alpha value is -1.36. The largest absolute Gasteiger partial charge is 0.481 e. The third-order valence-corrected chi connectivity index (χ3v) is 4.36. The third kappa shape index (κ3) is 2.72. The van der Waals surface area contributed by atoms with Crippen molar-refractivity contribution in [1.29, 1.82) is 0 Å². The average molecular weight is 267 g/mol. The van der Waals surface area contributed by atoms with Gasteiger partial charge in [0.2, 0.25) is 5.91 Å². The van der Waals surface area contributed by atoms with Crippen LogP contribution in [0.2, 0.25) is 0 Å². The minimum atomic E-state index is -0.851. The average Bonchev–Trinajstić information content (AvgIpc) is 2.96. The van der Waals surface area contributed by atoms with Gasteiger partial charge >= 0.3 is 5.97 Å². The lowest BCUT2D eigenvalue weighted by molar-refractivity contribution is -0.145. The molecule has 4 nitrogen and oxygen atoms in total. The number of carboxylic acid groups (broad SMARTS) is 1. The summed E-state index contributed by atoms with van der Waals surface area (Å²) >= 11 is 1.51. The van der Waals surface area contributed by atoms with Crippen LogP contribution in [0.1, 0.15) is 26.2 Å². The van der Waals surface area contributed by atoms with Gasteiger partial charge in [-0.25, -0.2) is 0 Å². The second kappa shape index (κ2) is 5.52. The minimum absolute atomic E-state index is 0.156. The molecule has 1 aliphatic carbocycles. The fraction of sp³-hybridized carbons (Fsp3) is 0.538. The molecule has 1 saturated carbocycles. The standard InChI is InChI=1S/C13H17NO3S/c1-2-8-5-10(11(6-8)13(16)17)12(15)14-9-3-4-18-7-9/h3-4,7-8,10-11H,2,5-6H2,1H3,(H,14,15)(H,16,17). The Morgan fingerprint density at radius 1 is 1.44 bits per heavy atom. The van der Waals surface area contributed by atoms with Crippen molar-refractivity contribution in [2.24, 2.45) is 17.8 Å². The van der Waals surface area contributed by atoms with Crippen LogP contribution in [0.5, 0.6) is 0 Å². The Labute approximate surface area is 110 Å². The predicted molar refractivity (Wildman–Crippen MR) is 70.6 cm³/mol. The van der Waals surface area contributed by atoms with Crippen LogP contribution in [0, 0.1) is 17.8 Å². The topological polar surface area (TPSA) is 66.4 Å². The summed E-state index contributed by atoms with van der Waals surface area (Å²) in [5.41, 5.74) is 0.758. The number of carboxylic acids is 1. The zero-order chi connectivity index (χ0) is 13.1. The normalized spacial score (nSPS) is 27.1. The first-order valence-corrected chi connectivity index (χ1v) is 7.12. The lowest BCUT2D eigenvalue weighted by Gasteiger charge is -2.14. The molecule has 1 heterocycles. The highest BCUT2D eigenvalue weighted by Gasteiger charge is 2.42. The SMILES string of the molecule is CCC1CC(C(=O)O)C(C(=O)Nc2ccsc2)C1. The third-order valence-electron chi connectivity index (χ3n) is 3.68. The molecule has 0 spiro atoms. The van der Waals surface area contributed by atoms with Gasteiger partial charge in [0.1, 0.15) is 0 Å². The molecule has 18 heavy (non-hydrogen) atoms. The van der Waals surface area contributed by atoms with Crippen molar-refractivity contribution in [1.82, 2.24) is 0 Å². The summed E-state index contributed by atoms with van der Waals surface area (Å²) in [5, 5.41) is 15.7. The molecule has 1 aromatic heterocycles. The first-order chi connectivity index (χ1) is 8.61. The van der Waals surface area contributed by atoms with Crippen LogP contribution in [0.15, 0.2) is 16.8 Å². The zero-order valence-corrected chi connectivity index (χ0v) is 11.1. The van der Waals surface area contributed by atoms with E-state index >= 15 is 0 Å². The van der Waals surface area contributed by atoms with Gasteiger partial charge in [-0.2, -0.15) is 11.3 Å². The Bertz CT molecular complexity index is 429. The molecule has 98 valence electrons. The molecule has 0 saturated heterocycles. The van der Waals surface area contributed by atoms with Gasteiger partial charge in [0, 0.05) is 5.38 Å². The second-order valence-electron chi connectivity index (χ2n) is 4.80. The van der Waals surface area contributed by atoms with Crippen LogP contribution >= 0.6 is 11.3 Å². The number of aliphatic carboxylic acids is 1. The highest BCUT2D eigenvalue weighted by atomic mass is 32.1. The second-order valence-corrected chi connectivity index (χ2v) is 5.58. The van der Waals surface area contributed by atoms with Crippen LogP contribution < -0.4 is 5.32 Å². The maximum Gasteiger partial charge on any atom is 0.307 e. The molecular formula is C13H17NO3S. The monoisotopic (exact) mass is 267 g/mol. The Morgan fingerprint density at radius 3 is 2.72 bits per heavy atom. The van der Waals surface area contributed by atoms with Crippen molar-refractivity contribution < 1.29 is 14.7 Å². The number of rotatable bonds is 4. The van der Waals surface area contributed by atoms with Crippen LogP contribution in [0.4, 0.5) is 5.69 Å². The number of nitrogens with one attached hydrogen (secondary N) is 1. The maximum atomic E-state index is 12.1. The van der Waals surface area contributed by atoms with Crippen molar-refractivity contribution in [2.75, 3.05) is 5.32 Å². The van der Waals surface area contributed by atoms with Crippen molar-refractivity contribution in [3.05, 3.63) is 16.8 Å². The minimum Gasteiger partial charge on any atom is -0.481 e. The van der Waals surface area contributed by atoms with Crippen molar-refractivity contribution in [3.63, 3.8) is 0 Å². The van der Waals surface area contributed by atoms with E-state index < -0.39 is 17.8 Å². The number of anilines is 1. The number of hydrogen-bond acceptors (Lipinski definition) is 3. The van der Waals surface area contributed by atoms with Crippen LogP contribution in [-0.2, 0) is 9.59 Å². The summed E-state index contributed by atoms with van der Waals surface area (Å²) < 4.78 is 0. The lowest BCUT2D eigenvalue weighted by Crippen LogP contribution is -2.29. The lowest BCUT2D eigenvalue weighted by atomic mass is 9.95. The van der Waals surface area contributed by atoms with Gasteiger partial charge in [0.05, 0.1) is 17.5 Å². The summed E-state index contributed by atoms with van der Waals surface area (Å²) in [6, 6.07) is 1.82. The molecule has 3 unspecified atom stereocenters. The van der Waals surface area contributed by atoms with Gasteiger partial charge in [0.15, 0.2) is 0 Å². The fourth-order valence-corrected chi connectivity index (χ4v) is 3.20. The molecule has 1 fully saturated rings. The molecule has 5 heteroatoms. The van der Waals surface area contributed by atoms with Gasteiger partial charge in [-0.3, -0.25) is 9.59 Å². The van der Waals surface area contributed by atoms with E-state index in [1.165, 1.54) is 11.3 Å². The van der Waals surface area contributed by atoms with Crippen LogP contribution in [0.3, 0.4) is 0 Å². The number of hydrogen-bond donors (Lipinski definition) is 2. The number of carbonyl (C=O) groups is 2. The highest BCUT2D eigenvalue weighted by Crippen LogP contribution is 2.39. The summed E-state index contributed by atoms with van der Waals surface area (Å²) in [4.78, 5) is 23.3. The molecule has 1 aliphatic rings. The molecule has 0 bridgehead atoms. The Morgan fingerprint density at radius 2 is 2.17 bits per heavy atom. The molecule has 1 aromatic rings. The summed E-state index contributed by atoms with van der Waals surface area (Å²) in [5.74, 6) is -1.58. The molecule has 0 aromatic carbocycles. The summed E-state index contributed by atoms with van der Waals surface area (Å²) in [7, 11) is 0. The zero-order valence-electron chi connectivity index (χ0n) is 10.3. The molecule has 0 aliphatic heterocycles. The predicted octanol–water partition coefficient (Wildman–Crippen LogP) is 2.82. The van der Waals surface area contributed by atoms with Gasteiger partial charge in [-0.15, -0.1) is 0 Å². The van der Waals surface area contributed by atoms with E-state index in [-0.39, 0.29) is 5.91 Å². The molecule has 3 atom stereocenters. The summed E-state index contributed by atoms with van der Waals surface area (Å²) in [6.45, 7) is 2.04. The van der Waals surface area contributed by atoms with E-state index in [1.54, 1.807) is 0 Å². The van der Waals surface area contributed by atoms with Gasteiger partial charge < -0.3 is 10.4 Å². The van der Waals surface area contributed by atoms with Gasteiger partial charge in [0.25, 0.3) is 0 Å². The number of thiophene rings is 1. The first kappa shape index (κ1) is 13.1. The van der Waals surface area contributed by atoms with E-state index in [2.05, 4.69) is 5.32 Å². The smallest absolute Gasteiger partial charge is 0.307 e. The Kier molecular flexibility index (Phi) is 4.01. The van der Waals surface area contributed by atoms with Gasteiger partial charge in [-0.1, -0.05) is 13.3 Å². The Balaban J connectivity index is 2.05. The maximum absolute atomic E-state index is 12.1. The fourth-order valence-electron chi connectivity index (χ4n) is 2.61. The summed E-state index contributed by atoms with van der Waals surface area (Å²) in [6.07, 6.45) is 2.24. The van der Waals surface area contributed by atoms with Crippen molar-refractivity contribution >= 4 is 28.9 Å². The number of amides is 1. The van der Waals surface area contributed by atoms with E-state index in [1.807, 2.05) is 23.8 Å². The quantitative estimate of drug-likeness (QED) is 0.881. The first-order valence-electron chi connectivity index (χ1n) is 6.17. The van der Waals surface area contributed by atoms with Gasteiger partial charge in [-0.05, 0) is 30.2 Å². The van der Waals surface area contributed by atoms with E-state index in [9.17, 15) is 14.7 Å². The molecule has 0 radical (unpaired) electrons.